The maximum Gasteiger partial charge on any atom is 0.264 e. The second-order valence-electron chi connectivity index (χ2n) is 7.27. The molecule has 4 rings (SSSR count). The summed E-state index contributed by atoms with van der Waals surface area (Å²) in [5.41, 5.74) is 3.16. The number of hydrogen-bond acceptors (Lipinski definition) is 5. The van der Waals surface area contributed by atoms with Crippen molar-refractivity contribution in [3.05, 3.63) is 45.6 Å². The third-order valence-corrected chi connectivity index (χ3v) is 6.44. The normalized spacial score (nSPS) is 16.0. The van der Waals surface area contributed by atoms with Crippen molar-refractivity contribution in [2.75, 3.05) is 50.1 Å². The van der Waals surface area contributed by atoms with E-state index >= 15 is 0 Å². The highest BCUT2D eigenvalue weighted by Gasteiger charge is 2.22. The van der Waals surface area contributed by atoms with Crippen molar-refractivity contribution in [2.45, 2.75) is 19.3 Å². The van der Waals surface area contributed by atoms with Gasteiger partial charge < -0.3 is 19.9 Å². The summed E-state index contributed by atoms with van der Waals surface area (Å²) in [6.07, 6.45) is 3.31. The molecule has 1 aromatic carbocycles. The molecule has 1 aliphatic carbocycles. The van der Waals surface area contributed by atoms with E-state index < -0.39 is 0 Å². The van der Waals surface area contributed by atoms with Crippen LogP contribution >= 0.6 is 11.3 Å². The second-order valence-corrected chi connectivity index (χ2v) is 8.41. The van der Waals surface area contributed by atoms with E-state index in [1.54, 1.807) is 18.4 Å². The molecule has 1 aromatic heterocycles. The van der Waals surface area contributed by atoms with Gasteiger partial charge >= 0.3 is 0 Å². The van der Waals surface area contributed by atoms with E-state index in [0.29, 0.717) is 0 Å². The quantitative estimate of drug-likeness (QED) is 0.840. The van der Waals surface area contributed by atoms with Crippen LogP contribution in [-0.2, 0) is 22.4 Å². The smallest absolute Gasteiger partial charge is 0.264 e. The summed E-state index contributed by atoms with van der Waals surface area (Å²) >= 11 is 1.57. The van der Waals surface area contributed by atoms with Crippen LogP contribution in [-0.4, -0.2) is 56.6 Å². The Bertz CT molecular complexity index is 835. The number of morpholine rings is 1. The number of nitrogens with one attached hydrogen (secondary N) is 1. The first-order valence-corrected chi connectivity index (χ1v) is 10.5. The molecular formula is C21H25N3O3S. The Kier molecular flexibility index (Phi) is 5.64. The molecule has 2 heterocycles. The number of anilines is 2. The summed E-state index contributed by atoms with van der Waals surface area (Å²) in [5, 5.41) is 2.88. The van der Waals surface area contributed by atoms with E-state index in [1.165, 1.54) is 21.8 Å². The number of amides is 2. The number of thiophene rings is 1. The Hall–Kier alpha value is -2.38. The van der Waals surface area contributed by atoms with Crippen LogP contribution in [0.3, 0.4) is 0 Å². The zero-order valence-corrected chi connectivity index (χ0v) is 16.9. The Balaban J connectivity index is 1.31. The molecule has 0 spiro atoms. The Morgan fingerprint density at radius 2 is 1.93 bits per heavy atom. The molecule has 1 saturated heterocycles. The van der Waals surface area contributed by atoms with Gasteiger partial charge in [0.15, 0.2) is 0 Å². The number of carbonyl (C=O) groups excluding carboxylic acids is 2. The molecule has 2 amide bonds. The fourth-order valence-corrected chi connectivity index (χ4v) is 4.94. The predicted molar refractivity (Wildman–Crippen MR) is 111 cm³/mol. The topological polar surface area (TPSA) is 61.9 Å². The van der Waals surface area contributed by atoms with Crippen molar-refractivity contribution in [2.24, 2.45) is 0 Å². The molecule has 148 valence electrons. The standard InChI is InChI=1S/C21H25N3O3S/c1-23(21(26)19-13-15-3-2-4-18(15)28-19)14-20(25)22-16-5-7-17(8-6-16)24-9-11-27-12-10-24/h5-8,13H,2-4,9-12,14H2,1H3,(H,22,25). The van der Waals surface area contributed by atoms with Gasteiger partial charge in [-0.1, -0.05) is 0 Å². The molecule has 0 saturated carbocycles. The largest absolute Gasteiger partial charge is 0.378 e. The number of aryl methyl sites for hydroxylation is 2. The number of hydrogen-bond donors (Lipinski definition) is 1. The lowest BCUT2D eigenvalue weighted by atomic mass is 10.2. The molecule has 6 nitrogen and oxygen atoms in total. The number of likely N-dealkylation sites (N-methyl/N-ethyl adjacent to an activating group) is 1. The first kappa shape index (κ1) is 19.0. The predicted octanol–water partition coefficient (Wildman–Crippen LogP) is 2.78. The van der Waals surface area contributed by atoms with Crippen LogP contribution in [0.4, 0.5) is 11.4 Å². The molecule has 2 aliphatic rings. The Morgan fingerprint density at radius 1 is 1.18 bits per heavy atom. The average Bonchev–Trinajstić information content (AvgIpc) is 3.31. The van der Waals surface area contributed by atoms with E-state index in [4.69, 9.17) is 4.74 Å². The first-order chi connectivity index (χ1) is 13.6. The molecular weight excluding hydrogens is 374 g/mol. The molecule has 1 N–H and O–H groups in total. The highest BCUT2D eigenvalue weighted by atomic mass is 32.1. The summed E-state index contributed by atoms with van der Waals surface area (Å²) in [6, 6.07) is 9.79. The summed E-state index contributed by atoms with van der Waals surface area (Å²) in [7, 11) is 1.67. The van der Waals surface area contributed by atoms with Gasteiger partial charge in [-0.05, 0) is 55.2 Å². The third kappa shape index (κ3) is 4.20. The van der Waals surface area contributed by atoms with Crippen molar-refractivity contribution in [1.82, 2.24) is 4.90 Å². The van der Waals surface area contributed by atoms with Gasteiger partial charge in [-0.15, -0.1) is 11.3 Å². The van der Waals surface area contributed by atoms with E-state index in [0.717, 1.165) is 55.4 Å². The number of benzene rings is 1. The summed E-state index contributed by atoms with van der Waals surface area (Å²) in [4.78, 5) is 30.8. The molecule has 7 heteroatoms. The summed E-state index contributed by atoms with van der Waals surface area (Å²) in [6.45, 7) is 3.28. The van der Waals surface area contributed by atoms with E-state index in [9.17, 15) is 9.59 Å². The number of fused-ring (bicyclic) bond motifs is 1. The zero-order valence-electron chi connectivity index (χ0n) is 16.1. The average molecular weight is 400 g/mol. The zero-order chi connectivity index (χ0) is 19.5. The maximum atomic E-state index is 12.6. The van der Waals surface area contributed by atoms with Crippen LogP contribution in [0.5, 0.6) is 0 Å². The third-order valence-electron chi connectivity index (χ3n) is 5.21. The van der Waals surface area contributed by atoms with Crippen LogP contribution in [0.2, 0.25) is 0 Å². The number of ether oxygens (including phenoxy) is 1. The van der Waals surface area contributed by atoms with Gasteiger partial charge in [0.1, 0.15) is 0 Å². The van der Waals surface area contributed by atoms with Gasteiger partial charge in [-0.2, -0.15) is 0 Å². The molecule has 2 aromatic rings. The van der Waals surface area contributed by atoms with E-state index in [1.807, 2.05) is 30.3 Å². The molecule has 1 aliphatic heterocycles. The summed E-state index contributed by atoms with van der Waals surface area (Å²) < 4.78 is 5.37. The lowest BCUT2D eigenvalue weighted by Crippen LogP contribution is -2.36. The minimum absolute atomic E-state index is 0.0343. The molecule has 28 heavy (non-hydrogen) atoms. The Labute approximate surface area is 169 Å². The van der Waals surface area contributed by atoms with Crippen molar-refractivity contribution < 1.29 is 14.3 Å². The van der Waals surface area contributed by atoms with Crippen LogP contribution < -0.4 is 10.2 Å². The molecule has 1 fully saturated rings. The van der Waals surface area contributed by atoms with Crippen molar-refractivity contribution in [3.63, 3.8) is 0 Å². The molecule has 0 atom stereocenters. The van der Waals surface area contributed by atoms with Gasteiger partial charge in [-0.3, -0.25) is 9.59 Å². The lowest BCUT2D eigenvalue weighted by Gasteiger charge is -2.28. The minimum atomic E-state index is -0.195. The van der Waals surface area contributed by atoms with Gasteiger partial charge in [0.25, 0.3) is 5.91 Å². The molecule has 0 unspecified atom stereocenters. The van der Waals surface area contributed by atoms with Gasteiger partial charge in [0, 0.05) is 36.4 Å². The molecule has 0 bridgehead atoms. The van der Waals surface area contributed by atoms with E-state index in [-0.39, 0.29) is 18.4 Å². The minimum Gasteiger partial charge on any atom is -0.378 e. The highest BCUT2D eigenvalue weighted by Crippen LogP contribution is 2.31. The Morgan fingerprint density at radius 3 is 2.64 bits per heavy atom. The van der Waals surface area contributed by atoms with E-state index in [2.05, 4.69) is 10.2 Å². The fourth-order valence-electron chi connectivity index (χ4n) is 3.69. The number of carbonyl (C=O) groups is 2. The first-order valence-electron chi connectivity index (χ1n) is 9.70. The fraction of sp³-hybridized carbons (Fsp3) is 0.429. The lowest BCUT2D eigenvalue weighted by molar-refractivity contribution is -0.116. The second kappa shape index (κ2) is 8.32. The number of nitrogens with zero attached hydrogens (tertiary/aromatic N) is 2. The van der Waals surface area contributed by atoms with Gasteiger partial charge in [0.05, 0.1) is 24.6 Å². The van der Waals surface area contributed by atoms with Crippen LogP contribution in [0, 0.1) is 0 Å². The SMILES string of the molecule is CN(CC(=O)Nc1ccc(N2CCOCC2)cc1)C(=O)c1cc2c(s1)CCC2. The van der Waals surface area contributed by atoms with Gasteiger partial charge in [-0.25, -0.2) is 0 Å². The van der Waals surface area contributed by atoms with Crippen molar-refractivity contribution in [1.29, 1.82) is 0 Å². The van der Waals surface area contributed by atoms with Crippen molar-refractivity contribution >= 4 is 34.5 Å². The maximum absolute atomic E-state index is 12.6. The van der Waals surface area contributed by atoms with Crippen LogP contribution in [0.15, 0.2) is 30.3 Å². The summed E-state index contributed by atoms with van der Waals surface area (Å²) in [5.74, 6) is -0.281. The monoisotopic (exact) mass is 399 g/mol. The van der Waals surface area contributed by atoms with Crippen LogP contribution in [0.1, 0.15) is 26.5 Å². The number of rotatable bonds is 5. The highest BCUT2D eigenvalue weighted by molar-refractivity contribution is 7.14. The van der Waals surface area contributed by atoms with Crippen LogP contribution in [0.25, 0.3) is 0 Å². The van der Waals surface area contributed by atoms with Crippen molar-refractivity contribution in [3.8, 4) is 0 Å². The van der Waals surface area contributed by atoms with Gasteiger partial charge in [0.2, 0.25) is 5.91 Å². The molecule has 0 radical (unpaired) electrons.